The van der Waals surface area contributed by atoms with E-state index in [1.165, 1.54) is 0 Å². The molecule has 4 atom stereocenters. The zero-order chi connectivity index (χ0) is 40.5. The minimum atomic E-state index is -1.16. The monoisotopic (exact) mass is 769 g/mol. The van der Waals surface area contributed by atoms with E-state index in [1.54, 1.807) is 36.4 Å². The van der Waals surface area contributed by atoms with Gasteiger partial charge >= 0.3 is 0 Å². The van der Waals surface area contributed by atoms with Crippen molar-refractivity contribution in [3.05, 3.63) is 90.0 Å². The molecule has 17 heteroatoms. The Morgan fingerprint density at radius 3 is 2.12 bits per heavy atom. The summed E-state index contributed by atoms with van der Waals surface area (Å²) < 4.78 is 0. The number of benzene rings is 3. The van der Waals surface area contributed by atoms with Crippen molar-refractivity contribution in [3.63, 3.8) is 0 Å². The van der Waals surface area contributed by atoms with Crippen LogP contribution in [0.3, 0.4) is 0 Å². The maximum Gasteiger partial charge on any atom is 0.243 e. The summed E-state index contributed by atoms with van der Waals surface area (Å²) in [6.07, 6.45) is 4.10. The van der Waals surface area contributed by atoms with Gasteiger partial charge in [0.15, 0.2) is 11.9 Å². The van der Waals surface area contributed by atoms with Gasteiger partial charge in [0, 0.05) is 25.9 Å². The second-order valence-electron chi connectivity index (χ2n) is 13.3. The molecule has 0 fully saturated rings. The normalized spacial score (nSPS) is 19.6. The minimum absolute atomic E-state index is 0.00397. The van der Waals surface area contributed by atoms with Crippen LogP contribution in [0.2, 0.25) is 0 Å². The lowest BCUT2D eigenvalue weighted by atomic mass is 9.99. The Hall–Kier alpha value is -6.65. The smallest absolute Gasteiger partial charge is 0.243 e. The molecule has 1 heterocycles. The lowest BCUT2D eigenvalue weighted by Crippen LogP contribution is -2.59. The van der Waals surface area contributed by atoms with Gasteiger partial charge < -0.3 is 54.6 Å². The van der Waals surface area contributed by atoms with Crippen LogP contribution in [0.25, 0.3) is 10.8 Å². The molecule has 0 spiro atoms. The van der Waals surface area contributed by atoms with E-state index in [-0.39, 0.29) is 69.4 Å². The highest BCUT2D eigenvalue weighted by atomic mass is 16.3. The van der Waals surface area contributed by atoms with E-state index in [9.17, 15) is 29.1 Å². The van der Waals surface area contributed by atoms with E-state index >= 15 is 0 Å². The molecule has 3 aromatic carbocycles. The Morgan fingerprint density at radius 1 is 0.750 bits per heavy atom. The third-order valence-electron chi connectivity index (χ3n) is 8.94. The molecule has 17 nitrogen and oxygen atoms in total. The van der Waals surface area contributed by atoms with Crippen LogP contribution in [0.1, 0.15) is 43.2 Å². The van der Waals surface area contributed by atoms with Gasteiger partial charge in [0.2, 0.25) is 29.5 Å². The van der Waals surface area contributed by atoms with Crippen LogP contribution in [0.4, 0.5) is 0 Å². The summed E-state index contributed by atoms with van der Waals surface area (Å²) in [6.45, 7) is 0.406. The Labute approximate surface area is 324 Å². The van der Waals surface area contributed by atoms with Crippen LogP contribution in [-0.2, 0) is 36.8 Å². The first kappa shape index (κ1) is 42.1. The first-order valence-electron chi connectivity index (χ1n) is 18.4. The molecule has 0 saturated heterocycles. The fourth-order valence-corrected chi connectivity index (χ4v) is 6.00. The van der Waals surface area contributed by atoms with Crippen molar-refractivity contribution in [2.24, 2.45) is 32.9 Å². The fourth-order valence-electron chi connectivity index (χ4n) is 6.00. The Bertz CT molecular complexity index is 1920. The Morgan fingerprint density at radius 2 is 1.39 bits per heavy atom. The van der Waals surface area contributed by atoms with Crippen LogP contribution >= 0.6 is 0 Å². The van der Waals surface area contributed by atoms with E-state index in [4.69, 9.17) is 22.9 Å². The van der Waals surface area contributed by atoms with E-state index in [0.717, 1.165) is 21.9 Å². The van der Waals surface area contributed by atoms with Crippen LogP contribution in [0.5, 0.6) is 5.75 Å². The Kier molecular flexibility index (Phi) is 16.0. The average Bonchev–Trinajstić information content (AvgIpc) is 3.16. The maximum absolute atomic E-state index is 14.1. The number of phenolic OH excluding ortho intramolecular Hbond substituents is 1. The van der Waals surface area contributed by atoms with Gasteiger partial charge in [0.25, 0.3) is 0 Å². The fraction of sp³-hybridized carbons (Fsp3) is 0.359. The standard InChI is InChI=1S/C39H51N11O6/c40-38(41)45-19-5-10-31-36(55)50-32(23-25-11-14-26-6-1-2-7-27(26)22-25)37(56)48-29(34(53)44-20-17-24-12-15-28(51)16-13-24)8-3-4-9-30(35(54)49-31)47-33(52)18-21-46-39(42)43/h1-4,6-7,11-16,22,29-32,51H,5,8-10,17-21,23H2,(H,44,53)(H,47,52)(H,48,56)(H,49,54)(H,50,55)(H4,40,41,45)(H4,42,43,46)/b4-3+/t29-,30+,31+,32+/m1/s1. The number of nitrogens with zero attached hydrogens (tertiary/aromatic N) is 2. The van der Waals surface area contributed by atoms with Crippen molar-refractivity contribution in [1.29, 1.82) is 0 Å². The van der Waals surface area contributed by atoms with Crippen LogP contribution in [0, 0.1) is 0 Å². The highest BCUT2D eigenvalue weighted by Crippen LogP contribution is 2.18. The number of hydrogen-bond acceptors (Lipinski definition) is 8. The van der Waals surface area contributed by atoms with Crippen LogP contribution in [0.15, 0.2) is 88.9 Å². The van der Waals surface area contributed by atoms with E-state index in [1.807, 2.05) is 42.5 Å². The molecule has 0 radical (unpaired) electrons. The topological polar surface area (TPSA) is 295 Å². The molecule has 1 aliphatic heterocycles. The maximum atomic E-state index is 14.1. The molecule has 0 saturated carbocycles. The molecule has 14 N–H and O–H groups in total. The first-order valence-corrected chi connectivity index (χ1v) is 18.4. The first-order chi connectivity index (χ1) is 26.9. The second kappa shape index (κ2) is 21.3. The van der Waals surface area contributed by atoms with Crippen molar-refractivity contribution < 1.29 is 29.1 Å². The molecule has 5 amide bonds. The van der Waals surface area contributed by atoms with E-state index in [0.29, 0.717) is 12.8 Å². The SMILES string of the molecule is NC(N)=NCCC[C@@H]1NC(=O)[C@@H](NC(=O)CCN=C(N)N)C/C=C/C[C@H](C(=O)NCCc2ccc(O)cc2)NC(=O)[C@H](Cc2ccc3ccccc3c2)NC1=O. The number of carbonyl (C=O) groups excluding carboxylic acids is 5. The van der Waals surface area contributed by atoms with Gasteiger partial charge in [-0.05, 0) is 66.1 Å². The molecule has 0 aromatic heterocycles. The molecule has 3 aromatic rings. The van der Waals surface area contributed by atoms with Crippen molar-refractivity contribution in [2.45, 2.75) is 69.1 Å². The Balaban J connectivity index is 1.63. The number of aromatic hydroxyl groups is 1. The molecule has 0 bridgehead atoms. The molecule has 298 valence electrons. The molecule has 0 aliphatic carbocycles. The molecular weight excluding hydrogens is 718 g/mol. The number of guanidine groups is 2. The summed E-state index contributed by atoms with van der Waals surface area (Å²) in [4.78, 5) is 76.1. The number of phenols is 1. The van der Waals surface area contributed by atoms with Crippen molar-refractivity contribution in [1.82, 2.24) is 26.6 Å². The zero-order valence-electron chi connectivity index (χ0n) is 31.1. The van der Waals surface area contributed by atoms with Crippen molar-refractivity contribution in [2.75, 3.05) is 19.6 Å². The number of rotatable bonds is 14. The molecule has 1 aliphatic rings. The number of nitrogens with two attached hydrogens (primary N) is 4. The van der Waals surface area contributed by atoms with E-state index in [2.05, 4.69) is 36.6 Å². The summed E-state index contributed by atoms with van der Waals surface area (Å²) in [5.74, 6) is -3.09. The lowest BCUT2D eigenvalue weighted by molar-refractivity contribution is -0.134. The lowest BCUT2D eigenvalue weighted by Gasteiger charge is -2.27. The average molecular weight is 770 g/mol. The van der Waals surface area contributed by atoms with Crippen LogP contribution < -0.4 is 49.5 Å². The zero-order valence-corrected chi connectivity index (χ0v) is 31.1. The molecular formula is C39H51N11O6. The largest absolute Gasteiger partial charge is 0.508 e. The van der Waals surface area contributed by atoms with Gasteiger partial charge in [-0.1, -0.05) is 66.7 Å². The molecule has 0 unspecified atom stereocenters. The second-order valence-corrected chi connectivity index (χ2v) is 13.3. The van der Waals surface area contributed by atoms with Gasteiger partial charge in [-0.25, -0.2) is 0 Å². The van der Waals surface area contributed by atoms with Gasteiger partial charge in [-0.3, -0.25) is 34.0 Å². The van der Waals surface area contributed by atoms with Crippen molar-refractivity contribution in [3.8, 4) is 5.75 Å². The summed E-state index contributed by atoms with van der Waals surface area (Å²) in [5, 5.41) is 25.5. The summed E-state index contributed by atoms with van der Waals surface area (Å²) in [7, 11) is 0. The number of fused-ring (bicyclic) bond motifs is 1. The van der Waals surface area contributed by atoms with Gasteiger partial charge in [0.1, 0.15) is 29.9 Å². The summed E-state index contributed by atoms with van der Waals surface area (Å²) >= 11 is 0. The number of hydrogen-bond donors (Lipinski definition) is 10. The molecule has 56 heavy (non-hydrogen) atoms. The number of nitrogens with one attached hydrogen (secondary N) is 5. The summed E-state index contributed by atoms with van der Waals surface area (Å²) in [6, 6.07) is 15.5. The quantitative estimate of drug-likeness (QED) is 0.0432. The predicted octanol–water partition coefficient (Wildman–Crippen LogP) is -0.547. The van der Waals surface area contributed by atoms with Gasteiger partial charge in [-0.15, -0.1) is 0 Å². The third-order valence-corrected chi connectivity index (χ3v) is 8.94. The number of aliphatic imine (C=N–C) groups is 2. The van der Waals surface area contributed by atoms with E-state index < -0.39 is 53.7 Å². The highest BCUT2D eigenvalue weighted by Gasteiger charge is 2.31. The third kappa shape index (κ3) is 14.0. The minimum Gasteiger partial charge on any atom is -0.508 e. The van der Waals surface area contributed by atoms with Crippen LogP contribution in [-0.4, -0.2) is 90.4 Å². The predicted molar refractivity (Wildman–Crippen MR) is 214 cm³/mol. The van der Waals surface area contributed by atoms with Gasteiger partial charge in [-0.2, -0.15) is 0 Å². The number of amides is 5. The van der Waals surface area contributed by atoms with Gasteiger partial charge in [0.05, 0.1) is 6.54 Å². The highest BCUT2D eigenvalue weighted by molar-refractivity contribution is 5.96. The number of carbonyl (C=O) groups is 5. The summed E-state index contributed by atoms with van der Waals surface area (Å²) in [5.41, 5.74) is 23.3. The van der Waals surface area contributed by atoms with Crippen molar-refractivity contribution >= 4 is 52.2 Å². The molecule has 4 rings (SSSR count).